The van der Waals surface area contributed by atoms with Crippen molar-refractivity contribution in [2.24, 2.45) is 18.9 Å². The van der Waals surface area contributed by atoms with Crippen molar-refractivity contribution in [3.8, 4) is 16.9 Å². The molecule has 0 bridgehead atoms. The first-order valence-electron chi connectivity index (χ1n) is 16.9. The minimum absolute atomic E-state index is 0.212. The predicted molar refractivity (Wildman–Crippen MR) is 183 cm³/mol. The second kappa shape index (κ2) is 13.5. The summed E-state index contributed by atoms with van der Waals surface area (Å²) in [5, 5.41) is 9.35. The van der Waals surface area contributed by atoms with Gasteiger partial charge in [0.05, 0.1) is 31.6 Å². The number of alkyl halides is 1. The number of hydrogen-bond donors (Lipinski definition) is 1. The molecule has 3 saturated heterocycles. The maximum Gasteiger partial charge on any atom is 0.164 e. The van der Waals surface area contributed by atoms with Crippen LogP contribution in [0, 0.1) is 23.5 Å². The van der Waals surface area contributed by atoms with Gasteiger partial charge < -0.3 is 15.0 Å². The third kappa shape index (κ3) is 6.53. The first-order valence-corrected chi connectivity index (χ1v) is 16.9. The lowest BCUT2D eigenvalue weighted by atomic mass is 9.78. The van der Waals surface area contributed by atoms with Crippen LogP contribution >= 0.6 is 0 Å². The number of rotatable bonds is 10. The van der Waals surface area contributed by atoms with Gasteiger partial charge in [0.2, 0.25) is 0 Å². The quantitative estimate of drug-likeness (QED) is 0.198. The zero-order valence-corrected chi connectivity index (χ0v) is 28.4. The van der Waals surface area contributed by atoms with Crippen LogP contribution in [-0.4, -0.2) is 76.8 Å². The molecule has 0 amide bonds. The molecule has 5 heterocycles. The standard InChI is InChI=1S/C36H43F3N8O2/c1-36(2,21-37)46-11-8-23(9-12-46)25-19-45(20-25)31-15-32(48-4)29(14-27(31)24-17-42-44(3)18-24)43-33-16-34(41-22-40-33)47-30(10-13-49-47)26-6-5-7-28(38)35(26)39/h5-7,14-18,22-23,25,30H,8-13,19-21H2,1-4H3,(H,40,41,43)/t30-/m1/s1. The van der Waals surface area contributed by atoms with Gasteiger partial charge in [-0.3, -0.25) is 14.4 Å². The van der Waals surface area contributed by atoms with E-state index >= 15 is 0 Å². The van der Waals surface area contributed by atoms with Crippen molar-refractivity contribution in [1.82, 2.24) is 24.6 Å². The summed E-state index contributed by atoms with van der Waals surface area (Å²) in [5.74, 6) is 0.952. The van der Waals surface area contributed by atoms with Gasteiger partial charge in [0.15, 0.2) is 17.5 Å². The van der Waals surface area contributed by atoms with Crippen molar-refractivity contribution in [2.45, 2.75) is 44.7 Å². The molecule has 3 aliphatic heterocycles. The van der Waals surface area contributed by atoms with Crippen molar-refractivity contribution in [3.05, 3.63) is 72.3 Å². The number of aryl methyl sites for hydroxylation is 1. The number of aromatic nitrogens is 4. The number of anilines is 4. The monoisotopic (exact) mass is 676 g/mol. The SMILES string of the molecule is COc1cc(N2CC(C3CCN(C(C)(C)CF)CC3)C2)c(-c2cnn(C)c2)cc1Nc1cc(N2OCC[C@@H]2c2cccc(F)c2F)ncn1. The Kier molecular flexibility index (Phi) is 9.14. The number of halogens is 3. The van der Waals surface area contributed by atoms with E-state index in [0.717, 1.165) is 61.9 Å². The Morgan fingerprint density at radius 3 is 2.55 bits per heavy atom. The van der Waals surface area contributed by atoms with E-state index in [1.165, 1.54) is 17.5 Å². The molecular weight excluding hydrogens is 633 g/mol. The predicted octanol–water partition coefficient (Wildman–Crippen LogP) is 6.69. The van der Waals surface area contributed by atoms with Crippen LogP contribution in [-0.2, 0) is 11.9 Å². The van der Waals surface area contributed by atoms with Crippen molar-refractivity contribution in [2.75, 3.05) is 61.9 Å². The molecule has 7 rings (SSSR count). The summed E-state index contributed by atoms with van der Waals surface area (Å²) < 4.78 is 50.1. The smallest absolute Gasteiger partial charge is 0.164 e. The van der Waals surface area contributed by atoms with Crippen LogP contribution in [0.15, 0.2) is 55.1 Å². The summed E-state index contributed by atoms with van der Waals surface area (Å²) in [7, 11) is 3.54. The zero-order chi connectivity index (χ0) is 34.3. The summed E-state index contributed by atoms with van der Waals surface area (Å²) >= 11 is 0. The molecular formula is C36H43F3N8O2. The molecule has 1 N–H and O–H groups in total. The minimum Gasteiger partial charge on any atom is -0.494 e. The van der Waals surface area contributed by atoms with E-state index < -0.39 is 23.2 Å². The molecule has 260 valence electrons. The van der Waals surface area contributed by atoms with Crippen molar-refractivity contribution < 1.29 is 22.7 Å². The molecule has 3 fully saturated rings. The molecule has 10 nitrogen and oxygen atoms in total. The molecule has 0 spiro atoms. The van der Waals surface area contributed by atoms with Crippen LogP contribution in [0.3, 0.4) is 0 Å². The highest BCUT2D eigenvalue weighted by Crippen LogP contribution is 2.45. The maximum absolute atomic E-state index is 14.7. The number of ether oxygens (including phenoxy) is 1. The number of piperidine rings is 1. The van der Waals surface area contributed by atoms with Gasteiger partial charge in [-0.05, 0) is 63.7 Å². The summed E-state index contributed by atoms with van der Waals surface area (Å²) in [6.45, 7) is 7.74. The van der Waals surface area contributed by atoms with Crippen LogP contribution in [0.1, 0.15) is 44.7 Å². The Hall–Kier alpha value is -4.36. The fourth-order valence-corrected chi connectivity index (χ4v) is 7.39. The first kappa shape index (κ1) is 33.2. The normalized spacial score (nSPS) is 19.4. The first-order chi connectivity index (χ1) is 23.6. The average molecular weight is 677 g/mol. The Labute approximate surface area is 284 Å². The lowest BCUT2D eigenvalue weighted by Gasteiger charge is -2.49. The second-order valence-corrected chi connectivity index (χ2v) is 13.9. The van der Waals surface area contributed by atoms with Gasteiger partial charge in [-0.15, -0.1) is 0 Å². The molecule has 2 aromatic heterocycles. The molecule has 3 aliphatic rings. The highest BCUT2D eigenvalue weighted by atomic mass is 19.2. The lowest BCUT2D eigenvalue weighted by Crippen LogP contribution is -2.55. The zero-order valence-electron chi connectivity index (χ0n) is 28.4. The largest absolute Gasteiger partial charge is 0.494 e. The Bertz CT molecular complexity index is 1790. The molecule has 0 unspecified atom stereocenters. The molecule has 0 radical (unpaired) electrons. The molecule has 2 aromatic carbocycles. The van der Waals surface area contributed by atoms with E-state index in [9.17, 15) is 13.2 Å². The highest BCUT2D eigenvalue weighted by Gasteiger charge is 2.39. The molecule has 13 heteroatoms. The van der Waals surface area contributed by atoms with Gasteiger partial charge >= 0.3 is 0 Å². The summed E-state index contributed by atoms with van der Waals surface area (Å²) in [5.41, 5.74) is 3.56. The fraction of sp³-hybridized carbons (Fsp3) is 0.472. The average Bonchev–Trinajstić information content (AvgIpc) is 3.75. The summed E-state index contributed by atoms with van der Waals surface area (Å²) in [4.78, 5) is 19.4. The van der Waals surface area contributed by atoms with E-state index in [2.05, 4.69) is 42.3 Å². The van der Waals surface area contributed by atoms with Crippen LogP contribution in [0.25, 0.3) is 11.1 Å². The summed E-state index contributed by atoms with van der Waals surface area (Å²) in [6.07, 6.45) is 7.91. The lowest BCUT2D eigenvalue weighted by molar-refractivity contribution is 0.0397. The van der Waals surface area contributed by atoms with Crippen molar-refractivity contribution in [3.63, 3.8) is 0 Å². The van der Waals surface area contributed by atoms with Gasteiger partial charge in [0.25, 0.3) is 0 Å². The number of nitrogens with one attached hydrogen (secondary N) is 1. The van der Waals surface area contributed by atoms with E-state index in [0.29, 0.717) is 47.9 Å². The highest BCUT2D eigenvalue weighted by molar-refractivity contribution is 5.86. The van der Waals surface area contributed by atoms with Gasteiger partial charge in [0.1, 0.15) is 24.6 Å². The molecule has 0 saturated carbocycles. The van der Waals surface area contributed by atoms with Crippen molar-refractivity contribution >= 4 is 23.0 Å². The molecule has 0 aliphatic carbocycles. The number of benzene rings is 2. The third-order valence-corrected chi connectivity index (χ3v) is 10.4. The van der Waals surface area contributed by atoms with E-state index in [4.69, 9.17) is 9.57 Å². The fourth-order valence-electron chi connectivity index (χ4n) is 7.39. The second-order valence-electron chi connectivity index (χ2n) is 13.9. The van der Waals surface area contributed by atoms with Crippen LogP contribution < -0.4 is 20.0 Å². The minimum atomic E-state index is -0.900. The topological polar surface area (TPSA) is 83.8 Å². The third-order valence-electron chi connectivity index (χ3n) is 10.4. The van der Waals surface area contributed by atoms with Crippen LogP contribution in [0.2, 0.25) is 0 Å². The van der Waals surface area contributed by atoms with Gasteiger partial charge in [-0.1, -0.05) is 12.1 Å². The Morgan fingerprint density at radius 2 is 1.84 bits per heavy atom. The Morgan fingerprint density at radius 1 is 1.04 bits per heavy atom. The van der Waals surface area contributed by atoms with Gasteiger partial charge in [-0.2, -0.15) is 5.10 Å². The Balaban J connectivity index is 1.12. The molecule has 1 atom stereocenters. The van der Waals surface area contributed by atoms with Crippen LogP contribution in [0.5, 0.6) is 5.75 Å². The maximum atomic E-state index is 14.7. The number of hydrogen-bond acceptors (Lipinski definition) is 9. The van der Waals surface area contributed by atoms with E-state index in [1.54, 1.807) is 23.9 Å². The van der Waals surface area contributed by atoms with E-state index in [-0.39, 0.29) is 12.2 Å². The summed E-state index contributed by atoms with van der Waals surface area (Å²) in [6, 6.07) is 9.44. The number of methoxy groups -OCH3 is 1. The number of nitrogens with zero attached hydrogens (tertiary/aromatic N) is 7. The molecule has 4 aromatic rings. The van der Waals surface area contributed by atoms with Gasteiger partial charge in [0, 0.05) is 72.8 Å². The number of hydroxylamine groups is 1. The molecule has 49 heavy (non-hydrogen) atoms. The van der Waals surface area contributed by atoms with Gasteiger partial charge in [-0.25, -0.2) is 28.2 Å². The van der Waals surface area contributed by atoms with Crippen LogP contribution in [0.4, 0.5) is 36.2 Å². The number of likely N-dealkylation sites (tertiary alicyclic amines) is 1. The van der Waals surface area contributed by atoms with E-state index in [1.807, 2.05) is 33.3 Å². The van der Waals surface area contributed by atoms with Crippen molar-refractivity contribution in [1.29, 1.82) is 0 Å².